The van der Waals surface area contributed by atoms with Crippen molar-refractivity contribution in [1.82, 2.24) is 0 Å². The van der Waals surface area contributed by atoms with Gasteiger partial charge in [-0.1, -0.05) is 47.7 Å². The van der Waals surface area contributed by atoms with Gasteiger partial charge in [-0.25, -0.2) is 0 Å². The predicted molar refractivity (Wildman–Crippen MR) is 87.0 cm³/mol. The van der Waals surface area contributed by atoms with Gasteiger partial charge in [0.25, 0.3) is 0 Å². The molecule has 4 atom stereocenters. The fourth-order valence-electron chi connectivity index (χ4n) is 3.95. The highest BCUT2D eigenvalue weighted by Crippen LogP contribution is 2.43. The van der Waals surface area contributed by atoms with Crippen molar-refractivity contribution in [1.29, 1.82) is 0 Å². The van der Waals surface area contributed by atoms with Crippen LogP contribution in [0.15, 0.2) is 28.7 Å². The summed E-state index contributed by atoms with van der Waals surface area (Å²) in [7, 11) is 0. The summed E-state index contributed by atoms with van der Waals surface area (Å²) in [6.45, 7) is 0. The Morgan fingerprint density at radius 1 is 1.19 bits per heavy atom. The number of hydrogen-bond acceptors (Lipinski definition) is 2. The number of carbonyl (C=O) groups excluding carboxylic acids is 1. The highest BCUT2D eigenvalue weighted by atomic mass is 79.9. The summed E-state index contributed by atoms with van der Waals surface area (Å²) in [5, 5.41) is 13.3. The molecule has 3 nitrogen and oxygen atoms in total. The van der Waals surface area contributed by atoms with E-state index in [1.165, 1.54) is 25.7 Å². The second kappa shape index (κ2) is 6.49. The molecule has 1 amide bonds. The topological polar surface area (TPSA) is 49.3 Å². The molecule has 0 heterocycles. The average Bonchev–Trinajstić information content (AvgIpc) is 2.46. The summed E-state index contributed by atoms with van der Waals surface area (Å²) in [6.07, 6.45) is 6.14. The number of hydrogen-bond donors (Lipinski definition) is 2. The number of aliphatic hydroxyl groups excluding tert-OH is 1. The van der Waals surface area contributed by atoms with Crippen LogP contribution in [0.25, 0.3) is 0 Å². The lowest BCUT2D eigenvalue weighted by Crippen LogP contribution is -2.42. The van der Waals surface area contributed by atoms with Gasteiger partial charge in [-0.2, -0.15) is 0 Å². The zero-order chi connectivity index (χ0) is 14.8. The molecule has 0 aliphatic heterocycles. The van der Waals surface area contributed by atoms with E-state index in [-0.39, 0.29) is 11.8 Å². The van der Waals surface area contributed by atoms with Gasteiger partial charge < -0.3 is 10.4 Å². The van der Waals surface area contributed by atoms with Crippen LogP contribution in [0.3, 0.4) is 0 Å². The molecule has 0 bridgehead atoms. The number of rotatable bonds is 2. The third kappa shape index (κ3) is 3.49. The number of carbonyl (C=O) groups is 1. The van der Waals surface area contributed by atoms with E-state index >= 15 is 0 Å². The maximum atomic E-state index is 12.5. The summed E-state index contributed by atoms with van der Waals surface area (Å²) in [5.74, 6) is 0.956. The van der Waals surface area contributed by atoms with Crippen LogP contribution in [0.1, 0.15) is 38.5 Å². The fourth-order valence-corrected chi connectivity index (χ4v) is 4.34. The van der Waals surface area contributed by atoms with Gasteiger partial charge in [0.2, 0.25) is 5.91 Å². The van der Waals surface area contributed by atoms with Gasteiger partial charge in [0.1, 0.15) is 0 Å². The Labute approximate surface area is 134 Å². The van der Waals surface area contributed by atoms with Gasteiger partial charge in [-0.15, -0.1) is 0 Å². The summed E-state index contributed by atoms with van der Waals surface area (Å²) in [4.78, 5) is 12.5. The molecule has 0 spiro atoms. The monoisotopic (exact) mass is 351 g/mol. The number of benzene rings is 1. The van der Waals surface area contributed by atoms with E-state index < -0.39 is 6.10 Å². The maximum Gasteiger partial charge on any atom is 0.230 e. The summed E-state index contributed by atoms with van der Waals surface area (Å²) in [6, 6.07) is 7.59. The van der Waals surface area contributed by atoms with Gasteiger partial charge in [0, 0.05) is 10.2 Å². The van der Waals surface area contributed by atoms with Crippen molar-refractivity contribution in [3.05, 3.63) is 28.7 Å². The first-order valence-corrected chi connectivity index (χ1v) is 8.67. The molecular weight excluding hydrogens is 330 g/mol. The Morgan fingerprint density at radius 2 is 1.90 bits per heavy atom. The number of nitrogens with one attached hydrogen (secondary N) is 1. The van der Waals surface area contributed by atoms with Crippen molar-refractivity contribution in [3.8, 4) is 0 Å². The molecule has 0 aromatic heterocycles. The minimum absolute atomic E-state index is 0.0374. The average molecular weight is 352 g/mol. The normalized spacial score (nSPS) is 32.3. The second-order valence-electron chi connectivity index (χ2n) is 6.45. The van der Waals surface area contributed by atoms with E-state index in [2.05, 4.69) is 21.2 Å². The smallest absolute Gasteiger partial charge is 0.230 e. The minimum Gasteiger partial charge on any atom is -0.392 e. The van der Waals surface area contributed by atoms with Crippen molar-refractivity contribution in [2.24, 2.45) is 17.8 Å². The van der Waals surface area contributed by atoms with E-state index in [4.69, 9.17) is 0 Å². The molecule has 2 aliphatic rings. The van der Waals surface area contributed by atoms with Crippen molar-refractivity contribution in [3.63, 3.8) is 0 Å². The summed E-state index contributed by atoms with van der Waals surface area (Å²) < 4.78 is 0.942. The zero-order valence-electron chi connectivity index (χ0n) is 12.1. The van der Waals surface area contributed by atoms with Crippen LogP contribution in [0, 0.1) is 17.8 Å². The van der Waals surface area contributed by atoms with E-state index in [9.17, 15) is 9.90 Å². The largest absolute Gasteiger partial charge is 0.392 e. The Morgan fingerprint density at radius 3 is 2.62 bits per heavy atom. The minimum atomic E-state index is -0.489. The fraction of sp³-hybridized carbons (Fsp3) is 0.588. The number of fused-ring (bicyclic) bond motifs is 1. The molecule has 1 aromatic carbocycles. The summed E-state index contributed by atoms with van der Waals surface area (Å²) >= 11 is 3.40. The van der Waals surface area contributed by atoms with Crippen LogP contribution in [0.4, 0.5) is 5.69 Å². The van der Waals surface area contributed by atoms with Crippen LogP contribution in [0.5, 0.6) is 0 Å². The first-order chi connectivity index (χ1) is 10.1. The first kappa shape index (κ1) is 15.0. The van der Waals surface area contributed by atoms with Gasteiger partial charge >= 0.3 is 0 Å². The van der Waals surface area contributed by atoms with E-state index in [0.29, 0.717) is 11.8 Å². The quantitative estimate of drug-likeness (QED) is 0.846. The van der Waals surface area contributed by atoms with Gasteiger partial charge in [0.15, 0.2) is 0 Å². The van der Waals surface area contributed by atoms with Gasteiger partial charge in [-0.3, -0.25) is 4.79 Å². The molecule has 4 unspecified atom stereocenters. The first-order valence-electron chi connectivity index (χ1n) is 7.88. The SMILES string of the molecule is O=C(Nc1cccc(Br)c1)C1CC2CCCCC2CC1O. The molecule has 1 aromatic rings. The van der Waals surface area contributed by atoms with Crippen LogP contribution in [-0.2, 0) is 4.79 Å². The molecule has 3 rings (SSSR count). The Bertz CT molecular complexity index is 519. The number of aliphatic hydroxyl groups is 1. The van der Waals surface area contributed by atoms with Crippen molar-refractivity contribution >= 4 is 27.5 Å². The lowest BCUT2D eigenvalue weighted by Gasteiger charge is -2.41. The van der Waals surface area contributed by atoms with E-state index in [1.807, 2.05) is 24.3 Å². The molecule has 2 saturated carbocycles. The molecule has 2 aliphatic carbocycles. The third-order valence-corrected chi connectivity index (χ3v) is 5.55. The molecule has 0 saturated heterocycles. The molecular formula is C17H22BrNO2. The van der Waals surface area contributed by atoms with Crippen LogP contribution in [-0.4, -0.2) is 17.1 Å². The Balaban J connectivity index is 1.66. The number of halogens is 1. The second-order valence-corrected chi connectivity index (χ2v) is 7.37. The standard InChI is InChI=1S/C17H22BrNO2/c18-13-6-3-7-14(10-13)19-17(21)15-8-11-4-1-2-5-12(11)9-16(15)20/h3,6-7,10-12,15-16,20H,1-2,4-5,8-9H2,(H,19,21). The lowest BCUT2D eigenvalue weighted by atomic mass is 9.66. The molecule has 114 valence electrons. The predicted octanol–water partition coefficient (Wildman–Crippen LogP) is 3.96. The maximum absolute atomic E-state index is 12.5. The zero-order valence-corrected chi connectivity index (χ0v) is 13.7. The molecule has 0 radical (unpaired) electrons. The molecule has 2 N–H and O–H groups in total. The van der Waals surface area contributed by atoms with Crippen molar-refractivity contribution in [2.75, 3.05) is 5.32 Å². The highest BCUT2D eigenvalue weighted by Gasteiger charge is 2.40. The lowest BCUT2D eigenvalue weighted by molar-refractivity contribution is -0.127. The highest BCUT2D eigenvalue weighted by molar-refractivity contribution is 9.10. The molecule has 21 heavy (non-hydrogen) atoms. The van der Waals surface area contributed by atoms with E-state index in [0.717, 1.165) is 23.0 Å². The van der Waals surface area contributed by atoms with Gasteiger partial charge in [-0.05, 0) is 42.9 Å². The van der Waals surface area contributed by atoms with Crippen LogP contribution in [0.2, 0.25) is 0 Å². The van der Waals surface area contributed by atoms with Crippen LogP contribution < -0.4 is 5.32 Å². The third-order valence-electron chi connectivity index (χ3n) is 5.06. The van der Waals surface area contributed by atoms with Crippen molar-refractivity contribution in [2.45, 2.75) is 44.6 Å². The Hall–Kier alpha value is -0.870. The van der Waals surface area contributed by atoms with Crippen LogP contribution >= 0.6 is 15.9 Å². The summed E-state index contributed by atoms with van der Waals surface area (Å²) in [5.41, 5.74) is 0.785. The molecule has 4 heteroatoms. The molecule has 2 fully saturated rings. The van der Waals surface area contributed by atoms with E-state index in [1.54, 1.807) is 0 Å². The Kier molecular flexibility index (Phi) is 4.65. The van der Waals surface area contributed by atoms with Crippen molar-refractivity contribution < 1.29 is 9.90 Å². The number of amides is 1. The number of anilines is 1. The van der Waals surface area contributed by atoms with Gasteiger partial charge in [0.05, 0.1) is 12.0 Å².